The van der Waals surface area contributed by atoms with Crippen molar-refractivity contribution in [1.29, 1.82) is 0 Å². The van der Waals surface area contributed by atoms with Crippen molar-refractivity contribution in [2.75, 3.05) is 20.3 Å². The molecule has 0 aliphatic rings. The molecule has 0 saturated carbocycles. The maximum Gasteiger partial charge on any atom is 0.305 e. The second-order valence-electron chi connectivity index (χ2n) is 4.45. The molecule has 1 rings (SSSR count). The standard InChI is InChI=1S/C14H21NO5/c1-20-11-5-3-10(4-6-11)14(19)12(9-13(17)18)15-7-2-8-16/h3-6,12,14-16,19H,2,7-9H2,1H3,(H,17,18). The highest BCUT2D eigenvalue weighted by Gasteiger charge is 2.23. The monoisotopic (exact) mass is 283 g/mol. The second-order valence-corrected chi connectivity index (χ2v) is 4.45. The van der Waals surface area contributed by atoms with Crippen molar-refractivity contribution in [3.05, 3.63) is 29.8 Å². The van der Waals surface area contributed by atoms with Crippen LogP contribution >= 0.6 is 0 Å². The van der Waals surface area contributed by atoms with Gasteiger partial charge in [0, 0.05) is 12.6 Å². The average molecular weight is 283 g/mol. The van der Waals surface area contributed by atoms with Crippen molar-refractivity contribution in [3.8, 4) is 5.75 Å². The molecule has 0 amide bonds. The molecule has 0 bridgehead atoms. The number of carboxylic acid groups (broad SMARTS) is 1. The van der Waals surface area contributed by atoms with Crippen LogP contribution in [0.5, 0.6) is 5.75 Å². The fourth-order valence-corrected chi connectivity index (χ4v) is 1.88. The summed E-state index contributed by atoms with van der Waals surface area (Å²) < 4.78 is 5.03. The van der Waals surface area contributed by atoms with Gasteiger partial charge in [0.1, 0.15) is 5.75 Å². The number of aliphatic hydroxyl groups is 2. The minimum atomic E-state index is -0.987. The van der Waals surface area contributed by atoms with E-state index in [0.717, 1.165) is 0 Å². The molecule has 4 N–H and O–H groups in total. The highest BCUT2D eigenvalue weighted by atomic mass is 16.5. The van der Waals surface area contributed by atoms with Gasteiger partial charge in [0.2, 0.25) is 0 Å². The maximum absolute atomic E-state index is 10.9. The van der Waals surface area contributed by atoms with Crippen molar-refractivity contribution >= 4 is 5.97 Å². The van der Waals surface area contributed by atoms with Gasteiger partial charge in [-0.3, -0.25) is 4.79 Å². The van der Waals surface area contributed by atoms with Crippen molar-refractivity contribution in [2.45, 2.75) is 25.0 Å². The third-order valence-electron chi connectivity index (χ3n) is 2.97. The van der Waals surface area contributed by atoms with Gasteiger partial charge in [-0.15, -0.1) is 0 Å². The quantitative estimate of drug-likeness (QED) is 0.494. The second kappa shape index (κ2) is 8.52. The van der Waals surface area contributed by atoms with E-state index < -0.39 is 18.1 Å². The number of ether oxygens (including phenoxy) is 1. The SMILES string of the molecule is COc1ccc(C(O)C(CC(=O)O)NCCCO)cc1. The lowest BCUT2D eigenvalue weighted by molar-refractivity contribution is -0.138. The Kier molecular flexibility index (Phi) is 7.00. The molecule has 6 heteroatoms. The smallest absolute Gasteiger partial charge is 0.305 e. The first-order valence-corrected chi connectivity index (χ1v) is 6.46. The number of carbonyl (C=O) groups is 1. The van der Waals surface area contributed by atoms with Crippen molar-refractivity contribution < 1.29 is 24.9 Å². The van der Waals surface area contributed by atoms with Crippen LogP contribution in [0.2, 0.25) is 0 Å². The van der Waals surface area contributed by atoms with Crippen LogP contribution in [0, 0.1) is 0 Å². The lowest BCUT2D eigenvalue weighted by Gasteiger charge is -2.23. The Morgan fingerprint density at radius 1 is 1.35 bits per heavy atom. The van der Waals surface area contributed by atoms with Crippen LogP contribution in [-0.4, -0.2) is 47.6 Å². The predicted molar refractivity (Wildman–Crippen MR) is 73.7 cm³/mol. The number of hydrogen-bond acceptors (Lipinski definition) is 5. The predicted octanol–water partition coefficient (Wildman–Crippen LogP) is 0.544. The summed E-state index contributed by atoms with van der Waals surface area (Å²) in [7, 11) is 1.55. The van der Waals surface area contributed by atoms with Gasteiger partial charge >= 0.3 is 5.97 Å². The van der Waals surface area contributed by atoms with E-state index in [2.05, 4.69) is 5.32 Å². The molecule has 0 spiro atoms. The third kappa shape index (κ3) is 5.16. The number of benzene rings is 1. The van der Waals surface area contributed by atoms with Crippen LogP contribution in [0.25, 0.3) is 0 Å². The van der Waals surface area contributed by atoms with Crippen LogP contribution in [0.4, 0.5) is 0 Å². The van der Waals surface area contributed by atoms with Gasteiger partial charge in [-0.2, -0.15) is 0 Å². The largest absolute Gasteiger partial charge is 0.497 e. The number of aliphatic carboxylic acids is 1. The molecule has 1 aromatic carbocycles. The van der Waals surface area contributed by atoms with Crippen molar-refractivity contribution in [2.24, 2.45) is 0 Å². The Labute approximate surface area is 118 Å². The molecule has 0 aliphatic heterocycles. The highest BCUT2D eigenvalue weighted by Crippen LogP contribution is 2.21. The van der Waals surface area contributed by atoms with Crippen LogP contribution in [-0.2, 0) is 4.79 Å². The lowest BCUT2D eigenvalue weighted by Crippen LogP contribution is -2.37. The minimum Gasteiger partial charge on any atom is -0.497 e. The van der Waals surface area contributed by atoms with E-state index in [4.69, 9.17) is 14.9 Å². The van der Waals surface area contributed by atoms with Crippen LogP contribution in [0.1, 0.15) is 24.5 Å². The molecule has 0 fully saturated rings. The number of nitrogens with one attached hydrogen (secondary N) is 1. The maximum atomic E-state index is 10.9. The first-order chi connectivity index (χ1) is 9.58. The molecule has 112 valence electrons. The number of hydrogen-bond donors (Lipinski definition) is 4. The fourth-order valence-electron chi connectivity index (χ4n) is 1.88. The molecule has 6 nitrogen and oxygen atoms in total. The van der Waals surface area contributed by atoms with Gasteiger partial charge in [-0.05, 0) is 30.7 Å². The molecular weight excluding hydrogens is 262 g/mol. The summed E-state index contributed by atoms with van der Waals surface area (Å²) in [4.78, 5) is 10.9. The Morgan fingerprint density at radius 2 is 2.00 bits per heavy atom. The van der Waals surface area contributed by atoms with Gasteiger partial charge in [0.25, 0.3) is 0 Å². The van der Waals surface area contributed by atoms with E-state index in [1.54, 1.807) is 31.4 Å². The Balaban J connectivity index is 2.73. The first kappa shape index (κ1) is 16.4. The summed E-state index contributed by atoms with van der Waals surface area (Å²) >= 11 is 0. The van der Waals surface area contributed by atoms with Gasteiger partial charge in [-0.1, -0.05) is 12.1 Å². The molecule has 0 radical (unpaired) electrons. The third-order valence-corrected chi connectivity index (χ3v) is 2.97. The van der Waals surface area contributed by atoms with E-state index in [1.165, 1.54) is 0 Å². The summed E-state index contributed by atoms with van der Waals surface area (Å²) in [6, 6.07) is 6.22. The number of carboxylic acids is 1. The zero-order valence-electron chi connectivity index (χ0n) is 11.5. The van der Waals surface area contributed by atoms with Gasteiger partial charge in [0.05, 0.1) is 19.6 Å². The normalized spacial score (nSPS) is 13.8. The zero-order valence-corrected chi connectivity index (χ0v) is 11.5. The summed E-state index contributed by atoms with van der Waals surface area (Å²) in [5.74, 6) is -0.317. The molecule has 1 aromatic rings. The number of aliphatic hydroxyl groups excluding tert-OH is 2. The summed E-state index contributed by atoms with van der Waals surface area (Å²) in [5.41, 5.74) is 0.619. The minimum absolute atomic E-state index is 0.0193. The summed E-state index contributed by atoms with van der Waals surface area (Å²) in [6.45, 7) is 0.465. The molecular formula is C14H21NO5. The number of rotatable bonds is 9. The van der Waals surface area contributed by atoms with E-state index in [1.807, 2.05) is 0 Å². The summed E-state index contributed by atoms with van der Waals surface area (Å²) in [6.07, 6.45) is -0.625. The molecule has 20 heavy (non-hydrogen) atoms. The first-order valence-electron chi connectivity index (χ1n) is 6.46. The molecule has 0 heterocycles. The van der Waals surface area contributed by atoms with E-state index in [9.17, 15) is 9.90 Å². The zero-order chi connectivity index (χ0) is 15.0. The van der Waals surface area contributed by atoms with Gasteiger partial charge in [0.15, 0.2) is 0 Å². The lowest BCUT2D eigenvalue weighted by atomic mass is 9.99. The van der Waals surface area contributed by atoms with E-state index >= 15 is 0 Å². The summed E-state index contributed by atoms with van der Waals surface area (Å²) in [5, 5.41) is 30.9. The molecule has 0 aliphatic carbocycles. The molecule has 0 saturated heterocycles. The molecule has 0 aromatic heterocycles. The van der Waals surface area contributed by atoms with Crippen LogP contribution in [0.15, 0.2) is 24.3 Å². The molecule has 2 unspecified atom stereocenters. The van der Waals surface area contributed by atoms with E-state index in [-0.39, 0.29) is 13.0 Å². The molecule has 2 atom stereocenters. The van der Waals surface area contributed by atoms with Crippen LogP contribution < -0.4 is 10.1 Å². The highest BCUT2D eigenvalue weighted by molar-refractivity contribution is 5.67. The number of methoxy groups -OCH3 is 1. The van der Waals surface area contributed by atoms with E-state index in [0.29, 0.717) is 24.3 Å². The topological polar surface area (TPSA) is 99.0 Å². The Hall–Kier alpha value is -1.63. The average Bonchev–Trinajstić information content (AvgIpc) is 2.45. The van der Waals surface area contributed by atoms with Gasteiger partial charge < -0.3 is 25.4 Å². The Morgan fingerprint density at radius 3 is 2.50 bits per heavy atom. The fraction of sp³-hybridized carbons (Fsp3) is 0.500. The van der Waals surface area contributed by atoms with Gasteiger partial charge in [-0.25, -0.2) is 0 Å². The Bertz CT molecular complexity index is 407. The van der Waals surface area contributed by atoms with Crippen molar-refractivity contribution in [3.63, 3.8) is 0 Å². The van der Waals surface area contributed by atoms with Crippen molar-refractivity contribution in [1.82, 2.24) is 5.32 Å². The van der Waals surface area contributed by atoms with Crippen LogP contribution in [0.3, 0.4) is 0 Å².